The van der Waals surface area contributed by atoms with Gasteiger partial charge in [-0.05, 0) is 42.3 Å². The van der Waals surface area contributed by atoms with Crippen molar-refractivity contribution in [2.75, 3.05) is 20.2 Å². The van der Waals surface area contributed by atoms with Crippen LogP contribution in [-0.4, -0.2) is 36.2 Å². The van der Waals surface area contributed by atoms with E-state index in [0.29, 0.717) is 11.3 Å². The Morgan fingerprint density at radius 1 is 1.29 bits per heavy atom. The Labute approximate surface area is 128 Å². The van der Waals surface area contributed by atoms with Crippen LogP contribution in [-0.2, 0) is 11.2 Å². The molecule has 0 aliphatic carbocycles. The summed E-state index contributed by atoms with van der Waals surface area (Å²) in [5.41, 5.74) is 6.55. The van der Waals surface area contributed by atoms with Crippen LogP contribution in [0.5, 0.6) is 5.75 Å². The fraction of sp³-hybridized carbons (Fsp3) is 0.333. The van der Waals surface area contributed by atoms with Gasteiger partial charge in [0.25, 0.3) is 11.1 Å². The van der Waals surface area contributed by atoms with Crippen LogP contribution in [0.3, 0.4) is 0 Å². The summed E-state index contributed by atoms with van der Waals surface area (Å²) in [5, 5.41) is -0.235. The number of allylic oxidation sites excluding steroid dienone is 1. The molecule has 1 aromatic carbocycles. The highest BCUT2D eigenvalue weighted by atomic mass is 32.2. The van der Waals surface area contributed by atoms with Crippen molar-refractivity contribution < 1.29 is 14.3 Å². The van der Waals surface area contributed by atoms with Gasteiger partial charge in [0.05, 0.1) is 12.0 Å². The minimum absolute atomic E-state index is 0.231. The van der Waals surface area contributed by atoms with E-state index < -0.39 is 0 Å². The number of carbonyl (C=O) groups is 2. The molecule has 1 aliphatic heterocycles. The monoisotopic (exact) mass is 306 g/mol. The van der Waals surface area contributed by atoms with Gasteiger partial charge in [0, 0.05) is 13.1 Å². The molecular formula is C15H18N2O3S. The van der Waals surface area contributed by atoms with E-state index in [4.69, 9.17) is 10.5 Å². The van der Waals surface area contributed by atoms with Crippen molar-refractivity contribution in [3.8, 4) is 5.75 Å². The molecule has 0 saturated carbocycles. The van der Waals surface area contributed by atoms with Crippen molar-refractivity contribution in [2.45, 2.75) is 12.8 Å². The van der Waals surface area contributed by atoms with Gasteiger partial charge in [0.15, 0.2) is 0 Å². The number of carbonyl (C=O) groups excluding carboxylic acids is 2. The summed E-state index contributed by atoms with van der Waals surface area (Å²) in [6.45, 7) is 0.567. The van der Waals surface area contributed by atoms with E-state index in [9.17, 15) is 9.59 Å². The lowest BCUT2D eigenvalue weighted by atomic mass is 10.1. The first-order valence-corrected chi connectivity index (χ1v) is 7.54. The highest BCUT2D eigenvalue weighted by molar-refractivity contribution is 8.18. The van der Waals surface area contributed by atoms with Crippen molar-refractivity contribution >= 4 is 22.9 Å². The van der Waals surface area contributed by atoms with E-state index in [1.807, 2.05) is 30.3 Å². The molecule has 0 bridgehead atoms. The average Bonchev–Trinajstić information content (AvgIpc) is 2.76. The van der Waals surface area contributed by atoms with E-state index in [1.54, 1.807) is 7.11 Å². The highest BCUT2D eigenvalue weighted by Gasteiger charge is 2.33. The lowest BCUT2D eigenvalue weighted by molar-refractivity contribution is -0.122. The Kier molecular flexibility index (Phi) is 5.41. The number of nitrogens with two attached hydrogens (primary N) is 1. The fourth-order valence-electron chi connectivity index (χ4n) is 2.02. The first-order chi connectivity index (χ1) is 10.2. The molecule has 21 heavy (non-hydrogen) atoms. The molecule has 0 atom stereocenters. The lowest BCUT2D eigenvalue weighted by Crippen LogP contribution is -2.33. The van der Waals surface area contributed by atoms with Gasteiger partial charge in [-0.15, -0.1) is 0 Å². The van der Waals surface area contributed by atoms with Crippen molar-refractivity contribution in [1.29, 1.82) is 0 Å². The minimum atomic E-state index is -0.235. The summed E-state index contributed by atoms with van der Waals surface area (Å²) >= 11 is 0.986. The number of amides is 2. The van der Waals surface area contributed by atoms with Gasteiger partial charge in [-0.25, -0.2) is 0 Å². The van der Waals surface area contributed by atoms with Gasteiger partial charge >= 0.3 is 0 Å². The summed E-state index contributed by atoms with van der Waals surface area (Å²) in [5.74, 6) is 0.590. The van der Waals surface area contributed by atoms with Gasteiger partial charge in [-0.2, -0.15) is 0 Å². The second-order valence-corrected chi connectivity index (χ2v) is 5.56. The van der Waals surface area contributed by atoms with E-state index in [1.165, 1.54) is 4.90 Å². The first kappa shape index (κ1) is 15.6. The molecule has 0 aromatic heterocycles. The first-order valence-electron chi connectivity index (χ1n) is 6.72. The van der Waals surface area contributed by atoms with Crippen molar-refractivity contribution in [1.82, 2.24) is 4.90 Å². The number of nitrogens with zero attached hydrogens (tertiary/aromatic N) is 1. The number of imide groups is 1. The minimum Gasteiger partial charge on any atom is -0.497 e. The average molecular weight is 306 g/mol. The maximum absolute atomic E-state index is 12.0. The Morgan fingerprint density at radius 3 is 2.62 bits per heavy atom. The van der Waals surface area contributed by atoms with Crippen molar-refractivity contribution in [2.24, 2.45) is 5.73 Å². The Bertz CT molecular complexity index is 555. The second kappa shape index (κ2) is 7.28. The molecule has 6 heteroatoms. The molecule has 1 fully saturated rings. The molecule has 2 rings (SSSR count). The molecule has 2 amide bonds. The zero-order chi connectivity index (χ0) is 15.2. The molecule has 1 saturated heterocycles. The molecule has 0 spiro atoms. The summed E-state index contributed by atoms with van der Waals surface area (Å²) < 4.78 is 5.10. The number of methoxy groups -OCH3 is 1. The third-order valence-corrected chi connectivity index (χ3v) is 4.10. The number of benzene rings is 1. The maximum Gasteiger partial charge on any atom is 0.293 e. The molecule has 2 N–H and O–H groups in total. The third-order valence-electron chi connectivity index (χ3n) is 3.15. The SMILES string of the molecule is COc1ccc(CC/C=C2/SC(=O)N(CCN)C2=O)cc1. The number of rotatable bonds is 6. The second-order valence-electron chi connectivity index (χ2n) is 4.57. The summed E-state index contributed by atoms with van der Waals surface area (Å²) in [7, 11) is 1.63. The van der Waals surface area contributed by atoms with Crippen LogP contribution in [0.4, 0.5) is 4.79 Å². The Morgan fingerprint density at radius 2 is 2.00 bits per heavy atom. The number of hydrogen-bond donors (Lipinski definition) is 1. The molecular weight excluding hydrogens is 288 g/mol. The number of hydrogen-bond acceptors (Lipinski definition) is 5. The van der Waals surface area contributed by atoms with Crippen LogP contribution in [0, 0.1) is 0 Å². The lowest BCUT2D eigenvalue weighted by Gasteiger charge is -2.09. The molecule has 0 radical (unpaired) electrons. The van der Waals surface area contributed by atoms with Gasteiger partial charge < -0.3 is 10.5 Å². The van der Waals surface area contributed by atoms with Gasteiger partial charge in [-0.1, -0.05) is 18.2 Å². The van der Waals surface area contributed by atoms with E-state index >= 15 is 0 Å². The predicted molar refractivity (Wildman–Crippen MR) is 83.2 cm³/mol. The molecule has 1 heterocycles. The van der Waals surface area contributed by atoms with Gasteiger partial charge in [0.2, 0.25) is 0 Å². The standard InChI is InChI=1S/C15H18N2O3S/c1-20-12-7-5-11(6-8-12)3-2-4-13-14(18)17(10-9-16)15(19)21-13/h4-8H,2-3,9-10,16H2,1H3/b13-4+. The smallest absolute Gasteiger partial charge is 0.293 e. The number of aryl methyl sites for hydroxylation is 1. The van der Waals surface area contributed by atoms with Crippen LogP contribution in [0.15, 0.2) is 35.2 Å². The summed E-state index contributed by atoms with van der Waals surface area (Å²) in [6, 6.07) is 7.80. The zero-order valence-electron chi connectivity index (χ0n) is 11.9. The summed E-state index contributed by atoms with van der Waals surface area (Å²) in [6.07, 6.45) is 3.35. The molecule has 1 aromatic rings. The Balaban J connectivity index is 1.92. The van der Waals surface area contributed by atoms with Crippen molar-refractivity contribution in [3.05, 3.63) is 40.8 Å². The van der Waals surface area contributed by atoms with E-state index in [-0.39, 0.29) is 24.2 Å². The topological polar surface area (TPSA) is 72.6 Å². The largest absolute Gasteiger partial charge is 0.497 e. The van der Waals surface area contributed by atoms with E-state index in [0.717, 1.165) is 29.5 Å². The predicted octanol–water partition coefficient (Wildman–Crippen LogP) is 2.17. The number of thioether (sulfide) groups is 1. The van der Waals surface area contributed by atoms with Crippen molar-refractivity contribution in [3.63, 3.8) is 0 Å². The third kappa shape index (κ3) is 3.86. The summed E-state index contributed by atoms with van der Waals surface area (Å²) in [4.78, 5) is 25.3. The molecule has 112 valence electrons. The number of ether oxygens (including phenoxy) is 1. The van der Waals surface area contributed by atoms with Crippen LogP contribution >= 0.6 is 11.8 Å². The highest BCUT2D eigenvalue weighted by Crippen LogP contribution is 2.30. The maximum atomic E-state index is 12.0. The van der Waals surface area contributed by atoms with E-state index in [2.05, 4.69) is 0 Å². The Hall–Kier alpha value is -1.79. The van der Waals surface area contributed by atoms with Crippen LogP contribution in [0.2, 0.25) is 0 Å². The zero-order valence-corrected chi connectivity index (χ0v) is 12.7. The normalized spacial score (nSPS) is 16.9. The molecule has 5 nitrogen and oxygen atoms in total. The van der Waals surface area contributed by atoms with Crippen LogP contribution in [0.25, 0.3) is 0 Å². The van der Waals surface area contributed by atoms with Crippen LogP contribution < -0.4 is 10.5 Å². The molecule has 0 unspecified atom stereocenters. The van der Waals surface area contributed by atoms with Crippen LogP contribution in [0.1, 0.15) is 12.0 Å². The van der Waals surface area contributed by atoms with Gasteiger partial charge in [0.1, 0.15) is 5.75 Å². The van der Waals surface area contributed by atoms with Gasteiger partial charge in [-0.3, -0.25) is 14.5 Å². The quantitative estimate of drug-likeness (QED) is 0.815. The molecule has 1 aliphatic rings. The fourth-order valence-corrected chi connectivity index (χ4v) is 2.89.